The summed E-state index contributed by atoms with van der Waals surface area (Å²) in [5, 5.41) is 10.6. The number of carbonyl (C=O) groups is 1. The molecule has 1 saturated carbocycles. The Morgan fingerprint density at radius 1 is 1.42 bits per heavy atom. The largest absolute Gasteiger partial charge is 0.460 e. The maximum Gasteiger partial charge on any atom is 0.339 e. The van der Waals surface area contributed by atoms with Crippen molar-refractivity contribution in [3.05, 3.63) is 34.6 Å². The molecule has 2 heterocycles. The van der Waals surface area contributed by atoms with Gasteiger partial charge in [-0.3, -0.25) is 4.98 Å². The zero-order chi connectivity index (χ0) is 17.7. The number of nitrogens with zero attached hydrogens (tertiary/aromatic N) is 1. The summed E-state index contributed by atoms with van der Waals surface area (Å²) in [6.07, 6.45) is 3.36. The smallest absolute Gasteiger partial charge is 0.339 e. The van der Waals surface area contributed by atoms with Crippen molar-refractivity contribution in [2.24, 2.45) is 17.8 Å². The summed E-state index contributed by atoms with van der Waals surface area (Å²) >= 11 is 3.28. The highest BCUT2D eigenvalue weighted by Gasteiger charge is 2.67. The number of ether oxygens (including phenoxy) is 1. The monoisotopic (exact) mass is 401 g/mol. The molecule has 5 atom stereocenters. The van der Waals surface area contributed by atoms with E-state index in [0.717, 1.165) is 4.47 Å². The molecule has 1 aliphatic carbocycles. The van der Waals surface area contributed by atoms with Crippen LogP contribution in [0.2, 0.25) is 0 Å². The number of cyclic esters (lactones) is 1. The van der Waals surface area contributed by atoms with Gasteiger partial charge >= 0.3 is 5.97 Å². The maximum absolute atomic E-state index is 14.4. The Bertz CT molecular complexity index is 679. The molecule has 4 nitrogen and oxygen atoms in total. The number of aromatic nitrogens is 1. The van der Waals surface area contributed by atoms with Crippen molar-refractivity contribution in [3.8, 4) is 0 Å². The van der Waals surface area contributed by atoms with E-state index in [1.807, 2.05) is 0 Å². The minimum Gasteiger partial charge on any atom is -0.460 e. The predicted octanol–water partition coefficient (Wildman–Crippen LogP) is 3.44. The summed E-state index contributed by atoms with van der Waals surface area (Å²) in [6.45, 7) is 3.08. The van der Waals surface area contributed by atoms with Crippen LogP contribution in [0.1, 0.15) is 26.0 Å². The van der Waals surface area contributed by atoms with Gasteiger partial charge < -0.3 is 9.84 Å². The highest BCUT2D eigenvalue weighted by atomic mass is 79.9. The quantitative estimate of drug-likeness (QED) is 0.771. The van der Waals surface area contributed by atoms with Gasteiger partial charge in [0.1, 0.15) is 6.10 Å². The fraction of sp³-hybridized carbons (Fsp3) is 0.529. The van der Waals surface area contributed by atoms with E-state index in [1.165, 1.54) is 6.92 Å². The molecule has 0 bridgehead atoms. The maximum atomic E-state index is 14.4. The lowest BCUT2D eigenvalue weighted by Crippen LogP contribution is -2.57. The minimum atomic E-state index is -3.16. The van der Waals surface area contributed by atoms with Gasteiger partial charge in [-0.15, -0.1) is 0 Å². The SMILES string of the molecule is C[C@H]1OC(=O)[C@]2(O)CC(F)(F)[C@@H](C)[C@H](C=Cc3ccc(Br)cn3)[C@H]12. The van der Waals surface area contributed by atoms with Crippen LogP contribution in [0.15, 0.2) is 28.9 Å². The van der Waals surface area contributed by atoms with Crippen LogP contribution in [0.5, 0.6) is 0 Å². The molecule has 0 radical (unpaired) electrons. The number of carbonyl (C=O) groups excluding carboxylic acids is 1. The topological polar surface area (TPSA) is 59.4 Å². The molecular weight excluding hydrogens is 384 g/mol. The van der Waals surface area contributed by atoms with E-state index in [0.29, 0.717) is 5.69 Å². The van der Waals surface area contributed by atoms with Crippen molar-refractivity contribution in [3.63, 3.8) is 0 Å². The van der Waals surface area contributed by atoms with Gasteiger partial charge in [-0.25, -0.2) is 13.6 Å². The third kappa shape index (κ3) is 2.77. The lowest BCUT2D eigenvalue weighted by molar-refractivity contribution is -0.193. The lowest BCUT2D eigenvalue weighted by Gasteiger charge is -2.45. The average Bonchev–Trinajstić information content (AvgIpc) is 2.71. The van der Waals surface area contributed by atoms with Gasteiger partial charge in [0.15, 0.2) is 5.60 Å². The van der Waals surface area contributed by atoms with Crippen molar-refractivity contribution in [1.29, 1.82) is 0 Å². The van der Waals surface area contributed by atoms with Crippen LogP contribution in [0.25, 0.3) is 6.08 Å². The van der Waals surface area contributed by atoms with Crippen LogP contribution in [0, 0.1) is 17.8 Å². The molecule has 7 heteroatoms. The predicted molar refractivity (Wildman–Crippen MR) is 87.2 cm³/mol. The van der Waals surface area contributed by atoms with E-state index < -0.39 is 47.8 Å². The number of esters is 1. The molecule has 1 aromatic heterocycles. The highest BCUT2D eigenvalue weighted by Crippen LogP contribution is 2.54. The first-order valence-electron chi connectivity index (χ1n) is 7.76. The molecule has 3 rings (SSSR count). The second kappa shape index (κ2) is 5.88. The van der Waals surface area contributed by atoms with Crippen molar-refractivity contribution in [1.82, 2.24) is 4.98 Å². The fourth-order valence-electron chi connectivity index (χ4n) is 3.78. The van der Waals surface area contributed by atoms with E-state index >= 15 is 0 Å². The molecule has 1 aliphatic heterocycles. The van der Waals surface area contributed by atoms with Crippen LogP contribution < -0.4 is 0 Å². The Morgan fingerprint density at radius 3 is 2.75 bits per heavy atom. The minimum absolute atomic E-state index is 0.612. The Labute approximate surface area is 147 Å². The Hall–Kier alpha value is -1.34. The lowest BCUT2D eigenvalue weighted by atomic mass is 9.62. The van der Waals surface area contributed by atoms with Crippen LogP contribution in [-0.2, 0) is 9.53 Å². The van der Waals surface area contributed by atoms with Crippen molar-refractivity contribution in [2.75, 3.05) is 0 Å². The van der Waals surface area contributed by atoms with E-state index in [-0.39, 0.29) is 0 Å². The number of aliphatic hydroxyl groups is 1. The molecule has 0 aromatic carbocycles. The summed E-state index contributed by atoms with van der Waals surface area (Å²) in [7, 11) is 0. The van der Waals surface area contributed by atoms with Crippen LogP contribution in [0.4, 0.5) is 8.78 Å². The molecule has 2 fully saturated rings. The molecule has 2 aliphatic rings. The molecule has 1 saturated heterocycles. The van der Waals surface area contributed by atoms with Crippen molar-refractivity contribution < 1.29 is 23.4 Å². The van der Waals surface area contributed by atoms with E-state index in [2.05, 4.69) is 20.9 Å². The Kier molecular flexibility index (Phi) is 4.28. The number of hydrogen-bond acceptors (Lipinski definition) is 4. The Balaban J connectivity index is 1.96. The zero-order valence-corrected chi connectivity index (χ0v) is 14.8. The van der Waals surface area contributed by atoms with Crippen LogP contribution in [0.3, 0.4) is 0 Å². The first-order valence-corrected chi connectivity index (χ1v) is 8.55. The van der Waals surface area contributed by atoms with Gasteiger partial charge in [0.2, 0.25) is 0 Å². The summed E-state index contributed by atoms with van der Waals surface area (Å²) < 4.78 is 34.7. The summed E-state index contributed by atoms with van der Waals surface area (Å²) in [6, 6.07) is 3.55. The van der Waals surface area contributed by atoms with Gasteiger partial charge in [-0.2, -0.15) is 0 Å². The number of rotatable bonds is 2. The van der Waals surface area contributed by atoms with Gasteiger partial charge in [0.25, 0.3) is 5.92 Å². The highest BCUT2D eigenvalue weighted by molar-refractivity contribution is 9.10. The summed E-state index contributed by atoms with van der Waals surface area (Å²) in [4.78, 5) is 16.1. The van der Waals surface area contributed by atoms with Crippen molar-refractivity contribution in [2.45, 2.75) is 37.9 Å². The second-order valence-corrected chi connectivity index (χ2v) is 7.54. The van der Waals surface area contributed by atoms with E-state index in [4.69, 9.17) is 4.74 Å². The fourth-order valence-corrected chi connectivity index (χ4v) is 4.02. The molecule has 0 amide bonds. The number of allylic oxidation sites excluding steroid dienone is 1. The Morgan fingerprint density at radius 2 is 2.12 bits per heavy atom. The van der Waals surface area contributed by atoms with Crippen LogP contribution in [-0.4, -0.2) is 33.7 Å². The normalized spacial score (nSPS) is 38.2. The molecule has 1 aromatic rings. The molecule has 0 unspecified atom stereocenters. The standard InChI is InChI=1S/C17H18BrF2NO3/c1-9-13(6-5-12-4-3-11(18)7-21-12)14-10(2)24-15(22)16(14,23)8-17(9,19)20/h3-7,9-10,13-14,23H,8H2,1-2H3/t9-,10+,13-,14-,16-/m0/s1. The first-order chi connectivity index (χ1) is 11.1. The number of pyridine rings is 1. The third-order valence-electron chi connectivity index (χ3n) is 5.11. The zero-order valence-electron chi connectivity index (χ0n) is 13.2. The number of halogens is 3. The second-order valence-electron chi connectivity index (χ2n) is 6.62. The van der Waals surface area contributed by atoms with E-state index in [9.17, 15) is 18.7 Å². The number of fused-ring (bicyclic) bond motifs is 1. The van der Waals surface area contributed by atoms with E-state index in [1.54, 1.807) is 37.4 Å². The van der Waals surface area contributed by atoms with Gasteiger partial charge in [0.05, 0.1) is 12.1 Å². The number of alkyl halides is 2. The van der Waals surface area contributed by atoms with Crippen LogP contribution >= 0.6 is 15.9 Å². The molecule has 1 N–H and O–H groups in total. The molecular formula is C17H18BrF2NO3. The first kappa shape index (κ1) is 17.5. The summed E-state index contributed by atoms with van der Waals surface area (Å²) in [5.41, 5.74) is -1.53. The molecule has 0 spiro atoms. The molecule has 24 heavy (non-hydrogen) atoms. The molecule has 130 valence electrons. The van der Waals surface area contributed by atoms with Gasteiger partial charge in [-0.1, -0.05) is 13.0 Å². The third-order valence-corrected chi connectivity index (χ3v) is 5.58. The van der Waals surface area contributed by atoms with Crippen molar-refractivity contribution >= 4 is 28.0 Å². The van der Waals surface area contributed by atoms with Gasteiger partial charge in [0, 0.05) is 22.5 Å². The van der Waals surface area contributed by atoms with Gasteiger partial charge in [-0.05, 0) is 47.0 Å². The average molecular weight is 402 g/mol. The summed E-state index contributed by atoms with van der Waals surface area (Å²) in [5.74, 6) is -6.54. The number of hydrogen-bond donors (Lipinski definition) is 1.